The molecule has 1 fully saturated rings. The van der Waals surface area contributed by atoms with Crippen molar-refractivity contribution >= 4 is 15.9 Å². The van der Waals surface area contributed by atoms with Crippen molar-refractivity contribution in [2.75, 3.05) is 13.7 Å². The van der Waals surface area contributed by atoms with E-state index in [1.165, 1.54) is 0 Å². The van der Waals surface area contributed by atoms with Gasteiger partial charge in [0.25, 0.3) is 0 Å². The van der Waals surface area contributed by atoms with Crippen LogP contribution in [0.4, 0.5) is 0 Å². The van der Waals surface area contributed by atoms with Crippen LogP contribution in [0.2, 0.25) is 0 Å². The molecule has 3 unspecified atom stereocenters. The lowest BCUT2D eigenvalue weighted by Crippen LogP contribution is -2.42. The highest BCUT2D eigenvalue weighted by Gasteiger charge is 2.31. The summed E-state index contributed by atoms with van der Waals surface area (Å²) in [5, 5.41) is 3.36. The van der Waals surface area contributed by atoms with E-state index in [0.29, 0.717) is 18.1 Å². The maximum absolute atomic E-state index is 5.81. The first-order valence-corrected chi connectivity index (χ1v) is 6.89. The lowest BCUT2D eigenvalue weighted by molar-refractivity contribution is 0.0631. The van der Waals surface area contributed by atoms with Gasteiger partial charge in [-0.05, 0) is 47.4 Å². The molecule has 0 radical (unpaired) electrons. The van der Waals surface area contributed by atoms with Crippen LogP contribution in [0.1, 0.15) is 19.0 Å². The molecule has 1 aliphatic rings. The second-order valence-corrected chi connectivity index (χ2v) is 5.58. The van der Waals surface area contributed by atoms with E-state index in [4.69, 9.17) is 4.74 Å². The Balaban J connectivity index is 2.01. The van der Waals surface area contributed by atoms with Crippen LogP contribution in [0, 0.1) is 5.92 Å². The van der Waals surface area contributed by atoms with Gasteiger partial charge in [-0.3, -0.25) is 4.98 Å². The number of hydrogen-bond acceptors (Lipinski definition) is 3. The fraction of sp³-hybridized carbons (Fsp3) is 0.615. The van der Waals surface area contributed by atoms with Crippen molar-refractivity contribution in [1.29, 1.82) is 0 Å². The third-order valence-electron chi connectivity index (χ3n) is 3.43. The van der Waals surface area contributed by atoms with Crippen molar-refractivity contribution in [3.63, 3.8) is 0 Å². The Labute approximate surface area is 111 Å². The van der Waals surface area contributed by atoms with E-state index in [-0.39, 0.29) is 0 Å². The van der Waals surface area contributed by atoms with Crippen molar-refractivity contribution in [1.82, 2.24) is 10.3 Å². The molecule has 1 aromatic heterocycles. The Bertz CT molecular complexity index is 355. The standard InChI is InChI=1S/C13H19BrN2O/c1-9-5-6-17-13(9)12(15-2)7-11-4-3-10(14)8-16-11/h3-4,8-9,12-13,15H,5-7H2,1-2H3. The number of likely N-dealkylation sites (N-methyl/N-ethyl adjacent to an activating group) is 1. The number of halogens is 1. The SMILES string of the molecule is CNC(Cc1ccc(Br)cn1)C1OCCC1C. The average Bonchev–Trinajstić information content (AvgIpc) is 2.75. The molecule has 1 aliphatic heterocycles. The summed E-state index contributed by atoms with van der Waals surface area (Å²) in [7, 11) is 2.00. The summed E-state index contributed by atoms with van der Waals surface area (Å²) in [5.41, 5.74) is 1.11. The molecule has 0 aliphatic carbocycles. The van der Waals surface area contributed by atoms with Crippen molar-refractivity contribution in [2.24, 2.45) is 5.92 Å². The van der Waals surface area contributed by atoms with Gasteiger partial charge in [0, 0.05) is 35.4 Å². The molecule has 1 saturated heterocycles. The molecule has 1 aromatic rings. The number of ether oxygens (including phenoxy) is 1. The van der Waals surface area contributed by atoms with Crippen molar-refractivity contribution in [3.8, 4) is 0 Å². The minimum atomic E-state index is 0.311. The van der Waals surface area contributed by atoms with E-state index in [0.717, 1.165) is 29.6 Å². The van der Waals surface area contributed by atoms with E-state index >= 15 is 0 Å². The Morgan fingerprint density at radius 3 is 2.94 bits per heavy atom. The molecule has 1 N–H and O–H groups in total. The molecule has 0 saturated carbocycles. The van der Waals surface area contributed by atoms with Gasteiger partial charge in [-0.15, -0.1) is 0 Å². The third kappa shape index (κ3) is 3.27. The lowest BCUT2D eigenvalue weighted by Gasteiger charge is -2.25. The quantitative estimate of drug-likeness (QED) is 0.927. The fourth-order valence-corrected chi connectivity index (χ4v) is 2.60. The Kier molecular flexibility index (Phi) is 4.54. The van der Waals surface area contributed by atoms with Crippen molar-refractivity contribution < 1.29 is 4.74 Å². The van der Waals surface area contributed by atoms with Gasteiger partial charge < -0.3 is 10.1 Å². The summed E-state index contributed by atoms with van der Waals surface area (Å²) in [4.78, 5) is 4.42. The van der Waals surface area contributed by atoms with Gasteiger partial charge in [0.1, 0.15) is 0 Å². The minimum absolute atomic E-state index is 0.311. The van der Waals surface area contributed by atoms with Gasteiger partial charge >= 0.3 is 0 Å². The molecule has 17 heavy (non-hydrogen) atoms. The first-order chi connectivity index (χ1) is 8.20. The van der Waals surface area contributed by atoms with E-state index in [2.05, 4.69) is 39.2 Å². The number of hydrogen-bond donors (Lipinski definition) is 1. The summed E-state index contributed by atoms with van der Waals surface area (Å²) in [6, 6.07) is 4.45. The normalized spacial score (nSPS) is 26.1. The highest BCUT2D eigenvalue weighted by Crippen LogP contribution is 2.24. The van der Waals surface area contributed by atoms with Crippen LogP contribution in [-0.2, 0) is 11.2 Å². The number of nitrogens with one attached hydrogen (secondary N) is 1. The van der Waals surface area contributed by atoms with Crippen LogP contribution in [0.25, 0.3) is 0 Å². The number of rotatable bonds is 4. The predicted octanol–water partition coefficient (Wildman–Crippen LogP) is 2.40. The maximum Gasteiger partial charge on any atom is 0.0758 e. The molecular formula is C13H19BrN2O. The van der Waals surface area contributed by atoms with Gasteiger partial charge in [0.05, 0.1) is 6.10 Å². The van der Waals surface area contributed by atoms with Crippen LogP contribution in [0.3, 0.4) is 0 Å². The second-order valence-electron chi connectivity index (χ2n) is 4.67. The summed E-state index contributed by atoms with van der Waals surface area (Å²) < 4.78 is 6.84. The summed E-state index contributed by atoms with van der Waals surface area (Å²) in [6.07, 6.45) is 4.24. The minimum Gasteiger partial charge on any atom is -0.376 e. The zero-order valence-corrected chi connectivity index (χ0v) is 11.9. The third-order valence-corrected chi connectivity index (χ3v) is 3.90. The zero-order chi connectivity index (χ0) is 12.3. The number of aromatic nitrogens is 1. The number of pyridine rings is 1. The van der Waals surface area contributed by atoms with E-state index in [1.807, 2.05) is 19.3 Å². The monoisotopic (exact) mass is 298 g/mol. The summed E-state index contributed by atoms with van der Waals surface area (Å²) in [5.74, 6) is 0.628. The zero-order valence-electron chi connectivity index (χ0n) is 10.3. The summed E-state index contributed by atoms with van der Waals surface area (Å²) >= 11 is 3.40. The highest BCUT2D eigenvalue weighted by molar-refractivity contribution is 9.10. The fourth-order valence-electron chi connectivity index (χ4n) is 2.37. The van der Waals surface area contributed by atoms with Crippen LogP contribution >= 0.6 is 15.9 Å². The largest absolute Gasteiger partial charge is 0.376 e. The van der Waals surface area contributed by atoms with Gasteiger partial charge in [0.15, 0.2) is 0 Å². The molecule has 2 rings (SSSR count). The Morgan fingerprint density at radius 1 is 1.59 bits per heavy atom. The Hall–Kier alpha value is -0.450. The van der Waals surface area contributed by atoms with Crippen LogP contribution < -0.4 is 5.32 Å². The van der Waals surface area contributed by atoms with Gasteiger partial charge in [-0.2, -0.15) is 0 Å². The van der Waals surface area contributed by atoms with Crippen molar-refractivity contribution in [3.05, 3.63) is 28.5 Å². The van der Waals surface area contributed by atoms with Gasteiger partial charge in [0.2, 0.25) is 0 Å². The molecule has 0 spiro atoms. The molecular weight excluding hydrogens is 280 g/mol. The predicted molar refractivity (Wildman–Crippen MR) is 72.0 cm³/mol. The van der Waals surface area contributed by atoms with E-state index < -0.39 is 0 Å². The topological polar surface area (TPSA) is 34.2 Å². The molecule has 0 bridgehead atoms. The molecule has 2 heterocycles. The smallest absolute Gasteiger partial charge is 0.0758 e. The van der Waals surface area contributed by atoms with Crippen molar-refractivity contribution in [2.45, 2.75) is 31.9 Å². The van der Waals surface area contributed by atoms with E-state index in [9.17, 15) is 0 Å². The van der Waals surface area contributed by atoms with Gasteiger partial charge in [-0.1, -0.05) is 6.92 Å². The summed E-state index contributed by atoms with van der Waals surface area (Å²) in [6.45, 7) is 3.15. The maximum atomic E-state index is 5.81. The Morgan fingerprint density at radius 2 is 2.41 bits per heavy atom. The first kappa shape index (κ1) is 13.0. The first-order valence-electron chi connectivity index (χ1n) is 6.10. The second kappa shape index (κ2) is 5.94. The molecule has 0 amide bonds. The average molecular weight is 299 g/mol. The molecule has 94 valence electrons. The van der Waals surface area contributed by atoms with Crippen LogP contribution in [0.5, 0.6) is 0 Å². The van der Waals surface area contributed by atoms with Crippen LogP contribution in [-0.4, -0.2) is 30.8 Å². The highest BCUT2D eigenvalue weighted by atomic mass is 79.9. The lowest BCUT2D eigenvalue weighted by atomic mass is 9.94. The number of nitrogens with zero attached hydrogens (tertiary/aromatic N) is 1. The van der Waals surface area contributed by atoms with E-state index in [1.54, 1.807) is 0 Å². The molecule has 3 atom stereocenters. The van der Waals surface area contributed by atoms with Crippen LogP contribution in [0.15, 0.2) is 22.8 Å². The molecule has 3 nitrogen and oxygen atoms in total. The molecule has 4 heteroatoms. The molecule has 0 aromatic carbocycles. The van der Waals surface area contributed by atoms with Gasteiger partial charge in [-0.25, -0.2) is 0 Å².